The highest BCUT2D eigenvalue weighted by molar-refractivity contribution is 5.75. The van der Waals surface area contributed by atoms with Gasteiger partial charge in [-0.3, -0.25) is 9.69 Å². The van der Waals surface area contributed by atoms with E-state index in [0.717, 1.165) is 6.07 Å². The van der Waals surface area contributed by atoms with Crippen LogP contribution in [-0.4, -0.2) is 34.2 Å². The zero-order valence-corrected chi connectivity index (χ0v) is 9.85. The molecule has 0 aliphatic rings. The first-order chi connectivity index (χ1) is 8.01. The quantitative estimate of drug-likeness (QED) is 0.827. The van der Waals surface area contributed by atoms with Crippen LogP contribution in [0, 0.1) is 5.82 Å². The lowest BCUT2D eigenvalue weighted by atomic mass is 10.0. The number of hydrogen-bond acceptors (Lipinski definition) is 3. The Hall–Kier alpha value is -1.62. The predicted molar refractivity (Wildman–Crippen MR) is 61.4 cm³/mol. The van der Waals surface area contributed by atoms with Crippen LogP contribution in [0.4, 0.5) is 4.39 Å². The Kier molecular flexibility index (Phi) is 4.45. The van der Waals surface area contributed by atoms with Gasteiger partial charge in [-0.15, -0.1) is 0 Å². The molecule has 0 aliphatic heterocycles. The van der Waals surface area contributed by atoms with E-state index in [1.54, 1.807) is 4.90 Å². The predicted octanol–water partition coefficient (Wildman–Crippen LogP) is 2.00. The van der Waals surface area contributed by atoms with Crippen molar-refractivity contribution in [1.82, 2.24) is 4.90 Å². The largest absolute Gasteiger partial charge is 0.505 e. The number of carboxylic acids is 1. The highest BCUT2D eigenvalue weighted by Crippen LogP contribution is 2.25. The average Bonchev–Trinajstić information content (AvgIpc) is 2.29. The molecular formula is C12H16FNO3. The number of benzene rings is 1. The molecule has 0 radical (unpaired) electrons. The summed E-state index contributed by atoms with van der Waals surface area (Å²) in [7, 11) is 0. The first-order valence-electron chi connectivity index (χ1n) is 5.46. The monoisotopic (exact) mass is 241 g/mol. The van der Waals surface area contributed by atoms with E-state index in [1.165, 1.54) is 12.1 Å². The van der Waals surface area contributed by atoms with Gasteiger partial charge in [-0.2, -0.15) is 0 Å². The second-order valence-electron chi connectivity index (χ2n) is 3.67. The molecule has 94 valence electrons. The van der Waals surface area contributed by atoms with Crippen molar-refractivity contribution in [2.45, 2.75) is 19.9 Å². The van der Waals surface area contributed by atoms with Crippen molar-refractivity contribution in [2.75, 3.05) is 13.1 Å². The van der Waals surface area contributed by atoms with Gasteiger partial charge in [0.15, 0.2) is 11.6 Å². The summed E-state index contributed by atoms with van der Waals surface area (Å²) in [5.74, 6) is -2.31. The summed E-state index contributed by atoms with van der Waals surface area (Å²) >= 11 is 0. The molecule has 0 fully saturated rings. The van der Waals surface area contributed by atoms with Crippen molar-refractivity contribution in [3.05, 3.63) is 29.6 Å². The average molecular weight is 241 g/mol. The number of halogens is 1. The lowest BCUT2D eigenvalue weighted by Crippen LogP contribution is -2.33. The second-order valence-corrected chi connectivity index (χ2v) is 3.67. The normalized spacial score (nSPS) is 12.7. The molecule has 0 heterocycles. The van der Waals surface area contributed by atoms with Gasteiger partial charge in [-0.05, 0) is 30.8 Å². The summed E-state index contributed by atoms with van der Waals surface area (Å²) in [6.45, 7) is 4.79. The van der Waals surface area contributed by atoms with E-state index in [4.69, 9.17) is 5.11 Å². The molecule has 0 aliphatic carbocycles. The summed E-state index contributed by atoms with van der Waals surface area (Å²) < 4.78 is 13.2. The van der Waals surface area contributed by atoms with Crippen LogP contribution in [0.2, 0.25) is 0 Å². The summed E-state index contributed by atoms with van der Waals surface area (Å²) in [4.78, 5) is 12.9. The van der Waals surface area contributed by atoms with Gasteiger partial charge in [0.2, 0.25) is 0 Å². The maximum atomic E-state index is 13.2. The summed E-state index contributed by atoms with van der Waals surface area (Å²) in [6, 6.07) is 2.77. The molecule has 0 saturated heterocycles. The van der Waals surface area contributed by atoms with E-state index in [1.807, 2.05) is 13.8 Å². The molecule has 0 saturated carbocycles. The van der Waals surface area contributed by atoms with Crippen LogP contribution in [0.3, 0.4) is 0 Å². The number of phenols is 1. The molecule has 1 rings (SSSR count). The van der Waals surface area contributed by atoms with Crippen molar-refractivity contribution in [3.8, 4) is 5.75 Å². The summed E-state index contributed by atoms with van der Waals surface area (Å²) in [5.41, 5.74) is 0.330. The fourth-order valence-corrected chi connectivity index (χ4v) is 1.79. The summed E-state index contributed by atoms with van der Waals surface area (Å²) in [5, 5.41) is 18.3. The van der Waals surface area contributed by atoms with Crippen LogP contribution in [0.5, 0.6) is 5.75 Å². The number of carboxylic acid groups (broad SMARTS) is 1. The Balaban J connectivity index is 3.13. The highest BCUT2D eigenvalue weighted by Gasteiger charge is 2.26. The van der Waals surface area contributed by atoms with E-state index in [9.17, 15) is 14.3 Å². The molecule has 17 heavy (non-hydrogen) atoms. The van der Waals surface area contributed by atoms with Gasteiger partial charge in [0.1, 0.15) is 6.04 Å². The van der Waals surface area contributed by atoms with Gasteiger partial charge >= 0.3 is 5.97 Å². The van der Waals surface area contributed by atoms with Gasteiger partial charge in [-0.1, -0.05) is 19.9 Å². The molecule has 1 aromatic carbocycles. The number of likely N-dealkylation sites (N-methyl/N-ethyl adjacent to an activating group) is 1. The molecule has 0 amide bonds. The standard InChI is InChI=1S/C12H16FNO3/c1-3-14(4-2)11(12(16)17)8-5-6-10(15)9(13)7-8/h5-7,11,15H,3-4H2,1-2H3,(H,16,17). The Labute approximate surface area is 99.3 Å². The SMILES string of the molecule is CCN(CC)C(C(=O)O)c1ccc(O)c(F)c1. The minimum absolute atomic E-state index is 0.330. The van der Waals surface area contributed by atoms with Gasteiger partial charge in [0.05, 0.1) is 0 Å². The van der Waals surface area contributed by atoms with Crippen molar-refractivity contribution in [3.63, 3.8) is 0 Å². The van der Waals surface area contributed by atoms with Crippen LogP contribution in [0.25, 0.3) is 0 Å². The molecule has 0 spiro atoms. The van der Waals surface area contributed by atoms with Crippen LogP contribution in [0.1, 0.15) is 25.5 Å². The first kappa shape index (κ1) is 13.4. The number of rotatable bonds is 5. The van der Waals surface area contributed by atoms with E-state index in [-0.39, 0.29) is 0 Å². The van der Waals surface area contributed by atoms with Gasteiger partial charge in [0, 0.05) is 0 Å². The first-order valence-corrected chi connectivity index (χ1v) is 5.46. The fourth-order valence-electron chi connectivity index (χ4n) is 1.79. The Morgan fingerprint density at radius 1 is 1.41 bits per heavy atom. The minimum Gasteiger partial charge on any atom is -0.505 e. The van der Waals surface area contributed by atoms with Crippen molar-refractivity contribution in [2.24, 2.45) is 0 Å². The highest BCUT2D eigenvalue weighted by atomic mass is 19.1. The Bertz CT molecular complexity index is 405. The molecule has 1 unspecified atom stereocenters. The zero-order valence-electron chi connectivity index (χ0n) is 9.85. The molecule has 4 nitrogen and oxygen atoms in total. The third kappa shape index (κ3) is 2.94. The van der Waals surface area contributed by atoms with Gasteiger partial charge < -0.3 is 10.2 Å². The number of aliphatic carboxylic acids is 1. The maximum Gasteiger partial charge on any atom is 0.325 e. The van der Waals surface area contributed by atoms with Crippen LogP contribution in [0.15, 0.2) is 18.2 Å². The molecule has 0 bridgehead atoms. The zero-order chi connectivity index (χ0) is 13.0. The van der Waals surface area contributed by atoms with Crippen molar-refractivity contribution >= 4 is 5.97 Å². The number of nitrogens with zero attached hydrogens (tertiary/aromatic N) is 1. The molecule has 5 heteroatoms. The van der Waals surface area contributed by atoms with E-state index in [0.29, 0.717) is 18.7 Å². The van der Waals surface area contributed by atoms with E-state index in [2.05, 4.69) is 0 Å². The number of hydrogen-bond donors (Lipinski definition) is 2. The van der Waals surface area contributed by atoms with Crippen LogP contribution in [-0.2, 0) is 4.79 Å². The van der Waals surface area contributed by atoms with Gasteiger partial charge in [-0.25, -0.2) is 4.39 Å². The molecular weight excluding hydrogens is 225 g/mol. The summed E-state index contributed by atoms with van der Waals surface area (Å²) in [6.07, 6.45) is 0. The number of carbonyl (C=O) groups is 1. The van der Waals surface area contributed by atoms with Crippen molar-refractivity contribution < 1.29 is 19.4 Å². The molecule has 2 N–H and O–H groups in total. The fraction of sp³-hybridized carbons (Fsp3) is 0.417. The molecule has 1 aromatic rings. The lowest BCUT2D eigenvalue weighted by molar-refractivity contribution is -0.143. The topological polar surface area (TPSA) is 60.8 Å². The minimum atomic E-state index is -1.03. The Morgan fingerprint density at radius 2 is 2.00 bits per heavy atom. The maximum absolute atomic E-state index is 13.2. The van der Waals surface area contributed by atoms with E-state index < -0.39 is 23.6 Å². The molecule has 1 atom stereocenters. The number of phenolic OH excluding ortho intramolecular Hbond substituents is 1. The number of aromatic hydroxyl groups is 1. The smallest absolute Gasteiger partial charge is 0.325 e. The van der Waals surface area contributed by atoms with Crippen molar-refractivity contribution in [1.29, 1.82) is 0 Å². The lowest BCUT2D eigenvalue weighted by Gasteiger charge is -2.26. The van der Waals surface area contributed by atoms with Crippen LogP contribution < -0.4 is 0 Å². The van der Waals surface area contributed by atoms with Gasteiger partial charge in [0.25, 0.3) is 0 Å². The Morgan fingerprint density at radius 3 is 2.41 bits per heavy atom. The second kappa shape index (κ2) is 5.63. The van der Waals surface area contributed by atoms with Crippen LogP contribution >= 0.6 is 0 Å². The third-order valence-corrected chi connectivity index (χ3v) is 2.70. The molecule has 0 aromatic heterocycles. The third-order valence-electron chi connectivity index (χ3n) is 2.70. The van der Waals surface area contributed by atoms with E-state index >= 15 is 0 Å².